The normalized spacial score (nSPS) is 19.4. The Kier molecular flexibility index (Phi) is 5.44. The van der Waals surface area contributed by atoms with Gasteiger partial charge in [0.05, 0.1) is 29.2 Å². The van der Waals surface area contributed by atoms with Gasteiger partial charge in [-0.3, -0.25) is 24.4 Å². The van der Waals surface area contributed by atoms with Gasteiger partial charge >= 0.3 is 11.8 Å². The van der Waals surface area contributed by atoms with E-state index in [0.717, 1.165) is 18.5 Å². The van der Waals surface area contributed by atoms with E-state index in [2.05, 4.69) is 15.3 Å². The Labute approximate surface area is 156 Å². The number of pyridine rings is 2. The SMILES string of the molecule is C[C@H]1CC[C@H](c2ccccn2)N(C(=O)C(=O)Nc2cncc(C(N)=O)c2)C1. The van der Waals surface area contributed by atoms with Crippen molar-refractivity contribution in [2.45, 2.75) is 25.8 Å². The molecule has 1 saturated heterocycles. The van der Waals surface area contributed by atoms with Crippen LogP contribution < -0.4 is 11.1 Å². The molecular formula is C19H21N5O3. The first-order chi connectivity index (χ1) is 13.0. The van der Waals surface area contributed by atoms with E-state index >= 15 is 0 Å². The van der Waals surface area contributed by atoms with Crippen LogP contribution >= 0.6 is 0 Å². The van der Waals surface area contributed by atoms with Crippen LogP contribution in [-0.4, -0.2) is 39.1 Å². The van der Waals surface area contributed by atoms with Crippen molar-refractivity contribution < 1.29 is 14.4 Å². The molecular weight excluding hydrogens is 346 g/mol. The highest BCUT2D eigenvalue weighted by atomic mass is 16.2. The van der Waals surface area contributed by atoms with Crippen LogP contribution in [0.25, 0.3) is 0 Å². The molecule has 8 heteroatoms. The van der Waals surface area contributed by atoms with Gasteiger partial charge in [0.15, 0.2) is 0 Å². The molecule has 3 N–H and O–H groups in total. The molecule has 1 aliphatic heterocycles. The number of nitrogens with two attached hydrogens (primary N) is 1. The molecule has 0 radical (unpaired) electrons. The van der Waals surface area contributed by atoms with Crippen molar-refractivity contribution in [3.05, 3.63) is 54.1 Å². The summed E-state index contributed by atoms with van der Waals surface area (Å²) in [5.74, 6) is -1.79. The van der Waals surface area contributed by atoms with E-state index in [4.69, 9.17) is 5.73 Å². The molecule has 8 nitrogen and oxygen atoms in total. The second-order valence-electron chi connectivity index (χ2n) is 6.69. The third-order valence-electron chi connectivity index (χ3n) is 4.58. The number of hydrogen-bond donors (Lipinski definition) is 2. The van der Waals surface area contributed by atoms with E-state index in [0.29, 0.717) is 12.5 Å². The summed E-state index contributed by atoms with van der Waals surface area (Å²) < 4.78 is 0. The van der Waals surface area contributed by atoms with Gasteiger partial charge in [-0.25, -0.2) is 0 Å². The first-order valence-electron chi connectivity index (χ1n) is 8.73. The molecule has 0 spiro atoms. The number of rotatable bonds is 3. The van der Waals surface area contributed by atoms with Gasteiger partial charge < -0.3 is 16.0 Å². The highest BCUT2D eigenvalue weighted by molar-refractivity contribution is 6.39. The van der Waals surface area contributed by atoms with Crippen molar-refractivity contribution in [3.8, 4) is 0 Å². The summed E-state index contributed by atoms with van der Waals surface area (Å²) in [6.45, 7) is 2.53. The van der Waals surface area contributed by atoms with Gasteiger partial charge in [-0.2, -0.15) is 0 Å². The molecule has 0 aliphatic carbocycles. The van der Waals surface area contributed by atoms with Crippen LogP contribution in [0.1, 0.15) is 41.9 Å². The Hall–Kier alpha value is -3.29. The number of carbonyl (C=O) groups is 3. The number of nitrogens with one attached hydrogen (secondary N) is 1. The van der Waals surface area contributed by atoms with Gasteiger partial charge in [-0.05, 0) is 37.0 Å². The number of anilines is 1. The fourth-order valence-corrected chi connectivity index (χ4v) is 3.22. The summed E-state index contributed by atoms with van der Waals surface area (Å²) in [6.07, 6.45) is 6.03. The zero-order chi connectivity index (χ0) is 19.4. The minimum absolute atomic E-state index is 0.151. The van der Waals surface area contributed by atoms with Crippen molar-refractivity contribution in [2.24, 2.45) is 11.7 Å². The predicted octanol–water partition coefficient (Wildman–Crippen LogP) is 1.51. The van der Waals surface area contributed by atoms with Crippen LogP contribution in [0, 0.1) is 5.92 Å². The number of nitrogens with zero attached hydrogens (tertiary/aromatic N) is 3. The fraction of sp³-hybridized carbons (Fsp3) is 0.316. The summed E-state index contributed by atoms with van der Waals surface area (Å²) in [7, 11) is 0. The van der Waals surface area contributed by atoms with Crippen LogP contribution in [0.4, 0.5) is 5.69 Å². The average molecular weight is 367 g/mol. The molecule has 0 saturated carbocycles. The summed E-state index contributed by atoms with van der Waals surface area (Å²) in [5.41, 5.74) is 6.37. The van der Waals surface area contributed by atoms with Crippen LogP contribution in [-0.2, 0) is 9.59 Å². The number of carbonyl (C=O) groups excluding carboxylic acids is 3. The van der Waals surface area contributed by atoms with Crippen LogP contribution in [0.5, 0.6) is 0 Å². The Balaban J connectivity index is 1.78. The maximum atomic E-state index is 12.8. The molecule has 0 unspecified atom stereocenters. The maximum Gasteiger partial charge on any atom is 0.313 e. The molecule has 3 amide bonds. The first-order valence-corrected chi connectivity index (χ1v) is 8.73. The van der Waals surface area contributed by atoms with E-state index in [-0.39, 0.29) is 17.3 Å². The second-order valence-corrected chi connectivity index (χ2v) is 6.69. The van der Waals surface area contributed by atoms with Crippen LogP contribution in [0.2, 0.25) is 0 Å². The van der Waals surface area contributed by atoms with Gasteiger partial charge in [0, 0.05) is 18.9 Å². The standard InChI is InChI=1S/C19H21N5O3/c1-12-5-6-16(15-4-2-3-7-22-15)24(11-12)19(27)18(26)23-14-8-13(17(20)25)9-21-10-14/h2-4,7-10,12,16H,5-6,11H2,1H3,(H2,20,25)(H,23,26)/t12-,16+/m0/s1. The zero-order valence-electron chi connectivity index (χ0n) is 15.0. The second kappa shape index (κ2) is 7.94. The minimum atomic E-state index is -0.784. The lowest BCUT2D eigenvalue weighted by atomic mass is 9.92. The lowest BCUT2D eigenvalue weighted by molar-refractivity contribution is -0.146. The summed E-state index contributed by atoms with van der Waals surface area (Å²) in [6, 6.07) is 6.68. The molecule has 27 heavy (non-hydrogen) atoms. The molecule has 0 bridgehead atoms. The van der Waals surface area contributed by atoms with Gasteiger partial charge in [-0.1, -0.05) is 13.0 Å². The van der Waals surface area contributed by atoms with Crippen molar-refractivity contribution in [1.29, 1.82) is 0 Å². The quantitative estimate of drug-likeness (QED) is 0.797. The molecule has 2 aromatic heterocycles. The molecule has 1 aliphatic rings. The smallest absolute Gasteiger partial charge is 0.313 e. The van der Waals surface area contributed by atoms with Crippen LogP contribution in [0.3, 0.4) is 0 Å². The van der Waals surface area contributed by atoms with Gasteiger partial charge in [0.1, 0.15) is 0 Å². The topological polar surface area (TPSA) is 118 Å². The number of piperidine rings is 1. The highest BCUT2D eigenvalue weighted by Gasteiger charge is 2.34. The van der Waals surface area contributed by atoms with Gasteiger partial charge in [0.25, 0.3) is 0 Å². The molecule has 1 fully saturated rings. The molecule has 0 aromatic carbocycles. The maximum absolute atomic E-state index is 12.8. The van der Waals surface area contributed by atoms with E-state index in [1.807, 2.05) is 25.1 Å². The van der Waals surface area contributed by atoms with E-state index in [1.54, 1.807) is 11.1 Å². The molecule has 3 heterocycles. The lowest BCUT2D eigenvalue weighted by Crippen LogP contribution is -2.46. The highest BCUT2D eigenvalue weighted by Crippen LogP contribution is 2.32. The Morgan fingerprint density at radius 2 is 2.04 bits per heavy atom. The third-order valence-corrected chi connectivity index (χ3v) is 4.58. The molecule has 2 aromatic rings. The fourth-order valence-electron chi connectivity index (χ4n) is 3.22. The summed E-state index contributed by atoms with van der Waals surface area (Å²) >= 11 is 0. The van der Waals surface area contributed by atoms with Crippen molar-refractivity contribution in [2.75, 3.05) is 11.9 Å². The van der Waals surface area contributed by atoms with Crippen molar-refractivity contribution in [1.82, 2.24) is 14.9 Å². The third kappa shape index (κ3) is 4.28. The molecule has 140 valence electrons. The minimum Gasteiger partial charge on any atom is -0.366 e. The first kappa shape index (κ1) is 18.5. The number of amides is 3. The van der Waals surface area contributed by atoms with E-state index in [9.17, 15) is 14.4 Å². The van der Waals surface area contributed by atoms with Crippen molar-refractivity contribution in [3.63, 3.8) is 0 Å². The average Bonchev–Trinajstić information content (AvgIpc) is 2.68. The number of aromatic nitrogens is 2. The monoisotopic (exact) mass is 367 g/mol. The Morgan fingerprint density at radius 1 is 1.22 bits per heavy atom. The Bertz CT molecular complexity index is 855. The van der Waals surface area contributed by atoms with Gasteiger partial charge in [0.2, 0.25) is 5.91 Å². The number of primary amides is 1. The predicted molar refractivity (Wildman–Crippen MR) is 98.5 cm³/mol. The van der Waals surface area contributed by atoms with Crippen LogP contribution in [0.15, 0.2) is 42.9 Å². The lowest BCUT2D eigenvalue weighted by Gasteiger charge is -2.37. The van der Waals surface area contributed by atoms with E-state index in [1.165, 1.54) is 18.5 Å². The Morgan fingerprint density at radius 3 is 2.74 bits per heavy atom. The number of likely N-dealkylation sites (tertiary alicyclic amines) is 1. The molecule has 2 atom stereocenters. The van der Waals surface area contributed by atoms with Crippen molar-refractivity contribution >= 4 is 23.4 Å². The summed E-state index contributed by atoms with van der Waals surface area (Å²) in [4.78, 5) is 46.3. The van der Waals surface area contributed by atoms with Gasteiger partial charge in [-0.15, -0.1) is 0 Å². The molecule has 3 rings (SSSR count). The zero-order valence-corrected chi connectivity index (χ0v) is 15.0. The largest absolute Gasteiger partial charge is 0.366 e. The number of hydrogen-bond acceptors (Lipinski definition) is 5. The summed E-state index contributed by atoms with van der Waals surface area (Å²) in [5, 5.41) is 2.50. The van der Waals surface area contributed by atoms with E-state index < -0.39 is 17.7 Å².